The lowest BCUT2D eigenvalue weighted by atomic mass is 10.2. The molecule has 0 atom stereocenters. The van der Waals surface area contributed by atoms with E-state index in [9.17, 15) is 22.0 Å². The van der Waals surface area contributed by atoms with E-state index in [2.05, 4.69) is 5.32 Å². The second-order valence-corrected chi connectivity index (χ2v) is 9.80. The Morgan fingerprint density at radius 3 is 2.38 bits per heavy atom. The normalized spacial score (nSPS) is 11.3. The fraction of sp³-hybridized carbons (Fsp3) is 0.278. The Hall–Kier alpha value is -1.55. The highest BCUT2D eigenvalue weighted by Gasteiger charge is 2.22. The Morgan fingerprint density at radius 2 is 1.79 bits per heavy atom. The number of carbonyl (C=O) groups is 1. The van der Waals surface area contributed by atoms with Crippen LogP contribution in [0.15, 0.2) is 36.4 Å². The first-order valence-corrected chi connectivity index (χ1v) is 12.1. The number of hydrogen-bond acceptors (Lipinski definition) is 4. The van der Waals surface area contributed by atoms with Crippen LogP contribution >= 0.6 is 35.0 Å². The number of benzene rings is 2. The molecule has 0 unspecified atom stereocenters. The van der Waals surface area contributed by atoms with Crippen LogP contribution < -0.4 is 9.62 Å². The largest absolute Gasteiger partial charge is 0.354 e. The molecule has 2 aromatic carbocycles. The van der Waals surface area contributed by atoms with Gasteiger partial charge in [-0.2, -0.15) is 11.8 Å². The van der Waals surface area contributed by atoms with E-state index >= 15 is 0 Å². The van der Waals surface area contributed by atoms with Crippen LogP contribution in [-0.4, -0.2) is 39.4 Å². The van der Waals surface area contributed by atoms with Crippen LogP contribution in [0.1, 0.15) is 5.56 Å². The summed E-state index contributed by atoms with van der Waals surface area (Å²) in [6.07, 6.45) is 0.880. The Bertz CT molecular complexity index is 971. The molecule has 1 N–H and O–H groups in total. The smallest absolute Gasteiger partial charge is 0.240 e. The zero-order chi connectivity index (χ0) is 21.6. The first-order valence-electron chi connectivity index (χ1n) is 8.29. The first-order chi connectivity index (χ1) is 13.6. The first kappa shape index (κ1) is 23.7. The van der Waals surface area contributed by atoms with Gasteiger partial charge in [0.15, 0.2) is 11.6 Å². The van der Waals surface area contributed by atoms with Gasteiger partial charge in [0.2, 0.25) is 15.9 Å². The zero-order valence-electron chi connectivity index (χ0n) is 15.3. The number of nitrogens with one attached hydrogen (secondary N) is 1. The van der Waals surface area contributed by atoms with E-state index in [-0.39, 0.29) is 12.2 Å². The van der Waals surface area contributed by atoms with Crippen LogP contribution in [0.4, 0.5) is 14.5 Å². The molecule has 5 nitrogen and oxygen atoms in total. The van der Waals surface area contributed by atoms with Crippen molar-refractivity contribution in [2.45, 2.75) is 5.75 Å². The number of sulfonamides is 1. The summed E-state index contributed by atoms with van der Waals surface area (Å²) in [5, 5.41) is 3.72. The predicted molar refractivity (Wildman–Crippen MR) is 114 cm³/mol. The van der Waals surface area contributed by atoms with Gasteiger partial charge < -0.3 is 5.32 Å². The summed E-state index contributed by atoms with van der Waals surface area (Å²) in [5.41, 5.74) is 0.665. The van der Waals surface area contributed by atoms with Crippen LogP contribution in [0, 0.1) is 11.6 Å². The predicted octanol–water partition coefficient (Wildman–Crippen LogP) is 4.09. The molecular formula is C18H18Cl2F2N2O3S2. The van der Waals surface area contributed by atoms with Crippen molar-refractivity contribution in [3.8, 4) is 0 Å². The van der Waals surface area contributed by atoms with E-state index < -0.39 is 34.1 Å². The summed E-state index contributed by atoms with van der Waals surface area (Å²) in [4.78, 5) is 12.1. The number of carbonyl (C=O) groups excluding carboxylic acids is 1. The van der Waals surface area contributed by atoms with Gasteiger partial charge in [0.1, 0.15) is 6.54 Å². The van der Waals surface area contributed by atoms with E-state index in [0.717, 1.165) is 30.0 Å². The number of rotatable bonds is 9. The van der Waals surface area contributed by atoms with Crippen molar-refractivity contribution in [3.63, 3.8) is 0 Å². The maximum absolute atomic E-state index is 13.4. The third-order valence-electron chi connectivity index (χ3n) is 3.76. The standard InChI is InChI=1S/C18H18Cl2F2N2O3S2/c1-29(26,27)24(12-5-6-16(21)17(22)9-12)10-18(25)23-7-8-28-11-13-14(19)3-2-4-15(13)20/h2-6,9H,7-8,10-11H2,1H3,(H,23,25). The molecule has 0 spiro atoms. The molecule has 29 heavy (non-hydrogen) atoms. The second kappa shape index (κ2) is 10.5. The van der Waals surface area contributed by atoms with Gasteiger partial charge in [-0.15, -0.1) is 0 Å². The number of anilines is 1. The van der Waals surface area contributed by atoms with Gasteiger partial charge in [-0.25, -0.2) is 17.2 Å². The van der Waals surface area contributed by atoms with Crippen LogP contribution in [0.2, 0.25) is 10.0 Å². The van der Waals surface area contributed by atoms with Gasteiger partial charge >= 0.3 is 0 Å². The molecule has 0 aliphatic carbocycles. The average Bonchev–Trinajstić information content (AvgIpc) is 2.63. The summed E-state index contributed by atoms with van der Waals surface area (Å²) < 4.78 is 51.2. The van der Waals surface area contributed by atoms with Gasteiger partial charge in [-0.1, -0.05) is 29.3 Å². The molecule has 0 saturated heterocycles. The van der Waals surface area contributed by atoms with Gasteiger partial charge in [-0.3, -0.25) is 9.10 Å². The SMILES string of the molecule is CS(=O)(=O)N(CC(=O)NCCSCc1c(Cl)cccc1Cl)c1ccc(F)c(F)c1. The summed E-state index contributed by atoms with van der Waals surface area (Å²) >= 11 is 13.7. The molecule has 0 aliphatic heterocycles. The minimum atomic E-state index is -3.87. The fourth-order valence-corrected chi connectivity index (χ4v) is 4.78. The molecule has 0 aliphatic rings. The lowest BCUT2D eigenvalue weighted by molar-refractivity contribution is -0.119. The Morgan fingerprint density at radius 1 is 1.14 bits per heavy atom. The number of amides is 1. The summed E-state index contributed by atoms with van der Waals surface area (Å²) in [6, 6.07) is 7.85. The number of halogens is 4. The topological polar surface area (TPSA) is 66.5 Å². The zero-order valence-corrected chi connectivity index (χ0v) is 18.4. The second-order valence-electron chi connectivity index (χ2n) is 5.97. The van der Waals surface area contributed by atoms with Gasteiger partial charge in [0.05, 0.1) is 11.9 Å². The fourth-order valence-electron chi connectivity index (χ4n) is 2.33. The monoisotopic (exact) mass is 482 g/mol. The summed E-state index contributed by atoms with van der Waals surface area (Å²) in [6.45, 7) is -0.272. The molecule has 158 valence electrons. The molecule has 1 amide bonds. The van der Waals surface area contributed by atoms with Crippen molar-refractivity contribution < 1.29 is 22.0 Å². The quantitative estimate of drug-likeness (QED) is 0.546. The summed E-state index contributed by atoms with van der Waals surface area (Å²) in [7, 11) is -3.87. The molecule has 2 rings (SSSR count). The maximum atomic E-state index is 13.4. The molecule has 0 radical (unpaired) electrons. The van der Waals surface area contributed by atoms with E-state index in [1.807, 2.05) is 0 Å². The molecule has 0 bridgehead atoms. The van der Waals surface area contributed by atoms with E-state index in [1.54, 1.807) is 18.2 Å². The Balaban J connectivity index is 1.88. The van der Waals surface area contributed by atoms with Gasteiger partial charge in [-0.05, 0) is 29.8 Å². The molecule has 0 fully saturated rings. The third-order valence-corrected chi connectivity index (χ3v) is 6.59. The minimum absolute atomic E-state index is 0.135. The van der Waals surface area contributed by atoms with Crippen LogP contribution in [0.25, 0.3) is 0 Å². The molecule has 11 heteroatoms. The minimum Gasteiger partial charge on any atom is -0.354 e. The molecule has 0 aromatic heterocycles. The number of nitrogens with zero attached hydrogens (tertiary/aromatic N) is 1. The Labute approximate surface area is 182 Å². The number of thioether (sulfide) groups is 1. The molecule has 2 aromatic rings. The van der Waals surface area contributed by atoms with E-state index in [4.69, 9.17) is 23.2 Å². The highest BCUT2D eigenvalue weighted by Crippen LogP contribution is 2.28. The average molecular weight is 483 g/mol. The summed E-state index contributed by atoms with van der Waals surface area (Å²) in [5.74, 6) is -1.79. The molecule has 0 heterocycles. The van der Waals surface area contributed by atoms with Crippen LogP contribution in [-0.2, 0) is 20.6 Å². The van der Waals surface area contributed by atoms with E-state index in [1.165, 1.54) is 11.8 Å². The van der Waals surface area contributed by atoms with Crippen molar-refractivity contribution >= 4 is 56.6 Å². The van der Waals surface area contributed by atoms with Crippen LogP contribution in [0.3, 0.4) is 0 Å². The maximum Gasteiger partial charge on any atom is 0.240 e. The van der Waals surface area contributed by atoms with Crippen molar-refractivity contribution in [2.75, 3.05) is 29.4 Å². The van der Waals surface area contributed by atoms with Crippen molar-refractivity contribution in [1.82, 2.24) is 5.32 Å². The van der Waals surface area contributed by atoms with Crippen molar-refractivity contribution in [3.05, 3.63) is 63.6 Å². The lowest BCUT2D eigenvalue weighted by Crippen LogP contribution is -2.41. The molecule has 0 saturated carbocycles. The van der Waals surface area contributed by atoms with Gasteiger partial charge in [0.25, 0.3) is 0 Å². The van der Waals surface area contributed by atoms with Crippen molar-refractivity contribution in [2.24, 2.45) is 0 Å². The third kappa shape index (κ3) is 7.02. The lowest BCUT2D eigenvalue weighted by Gasteiger charge is -2.22. The van der Waals surface area contributed by atoms with Crippen molar-refractivity contribution in [1.29, 1.82) is 0 Å². The highest BCUT2D eigenvalue weighted by molar-refractivity contribution is 7.98. The van der Waals surface area contributed by atoms with Crippen LogP contribution in [0.5, 0.6) is 0 Å². The Kier molecular flexibility index (Phi) is 8.57. The van der Waals surface area contributed by atoms with E-state index in [0.29, 0.717) is 25.9 Å². The highest BCUT2D eigenvalue weighted by atomic mass is 35.5. The number of hydrogen-bond donors (Lipinski definition) is 1. The molecular weight excluding hydrogens is 465 g/mol. The van der Waals surface area contributed by atoms with Gasteiger partial charge in [0, 0.05) is 34.2 Å².